The number of benzene rings is 2. The van der Waals surface area contributed by atoms with Crippen LogP contribution in [0.4, 0.5) is 10.8 Å². The minimum absolute atomic E-state index is 0.0247. The number of piperidine rings is 1. The third-order valence-electron chi connectivity index (χ3n) is 5.45. The first-order valence-corrected chi connectivity index (χ1v) is 11.2. The van der Waals surface area contributed by atoms with Gasteiger partial charge in [0.15, 0.2) is 16.6 Å². The SMILES string of the molecule is CCOc1ccc2nc(N3CCC(C(=O)Nc4ccc(OC)c(OC)c4)CC3)sc2c1. The Labute approximate surface area is 185 Å². The standard InChI is InChI=1S/C23H27N3O4S/c1-4-30-17-6-7-18-21(14-17)31-23(25-18)26-11-9-15(10-12-26)22(27)24-16-5-8-19(28-2)20(13-16)29-3/h5-8,13-15H,4,9-12H2,1-3H3,(H,24,27). The predicted octanol–water partition coefficient (Wildman–Crippen LogP) is 4.57. The summed E-state index contributed by atoms with van der Waals surface area (Å²) < 4.78 is 17.3. The Bertz CT molecular complexity index is 1060. The van der Waals surface area contributed by atoms with Crippen molar-refractivity contribution in [3.05, 3.63) is 36.4 Å². The van der Waals surface area contributed by atoms with Gasteiger partial charge in [-0.05, 0) is 50.1 Å². The zero-order chi connectivity index (χ0) is 21.8. The van der Waals surface area contributed by atoms with Crippen LogP contribution in [0.5, 0.6) is 17.2 Å². The lowest BCUT2D eigenvalue weighted by molar-refractivity contribution is -0.120. The van der Waals surface area contributed by atoms with E-state index in [2.05, 4.69) is 10.2 Å². The first-order valence-electron chi connectivity index (χ1n) is 10.4. The van der Waals surface area contributed by atoms with Gasteiger partial charge < -0.3 is 24.4 Å². The minimum Gasteiger partial charge on any atom is -0.494 e. The number of thiazole rings is 1. The van der Waals surface area contributed by atoms with Crippen molar-refractivity contribution in [2.24, 2.45) is 5.92 Å². The zero-order valence-electron chi connectivity index (χ0n) is 18.0. The van der Waals surface area contributed by atoms with Gasteiger partial charge in [0.05, 0.1) is 31.0 Å². The molecule has 7 nitrogen and oxygen atoms in total. The molecule has 1 amide bonds. The van der Waals surface area contributed by atoms with E-state index in [0.29, 0.717) is 23.8 Å². The quantitative estimate of drug-likeness (QED) is 0.579. The first kappa shape index (κ1) is 21.2. The highest BCUT2D eigenvalue weighted by molar-refractivity contribution is 7.22. The van der Waals surface area contributed by atoms with Crippen LogP contribution in [0, 0.1) is 5.92 Å². The maximum absolute atomic E-state index is 12.8. The number of methoxy groups -OCH3 is 2. The zero-order valence-corrected chi connectivity index (χ0v) is 18.8. The number of amides is 1. The first-order chi connectivity index (χ1) is 15.1. The molecule has 1 aliphatic heterocycles. The van der Waals surface area contributed by atoms with Gasteiger partial charge in [-0.15, -0.1) is 0 Å². The third-order valence-corrected chi connectivity index (χ3v) is 6.53. The monoisotopic (exact) mass is 441 g/mol. The number of anilines is 2. The molecular formula is C23H27N3O4S. The fourth-order valence-electron chi connectivity index (χ4n) is 3.78. The van der Waals surface area contributed by atoms with Gasteiger partial charge >= 0.3 is 0 Å². The van der Waals surface area contributed by atoms with Crippen molar-refractivity contribution < 1.29 is 19.0 Å². The van der Waals surface area contributed by atoms with Crippen molar-refractivity contribution in [3.63, 3.8) is 0 Å². The Morgan fingerprint density at radius 3 is 2.61 bits per heavy atom. The number of carbonyl (C=O) groups excluding carboxylic acids is 1. The number of rotatable bonds is 7. The maximum atomic E-state index is 12.8. The van der Waals surface area contributed by atoms with E-state index in [4.69, 9.17) is 19.2 Å². The van der Waals surface area contributed by atoms with Gasteiger partial charge in [0, 0.05) is 30.8 Å². The van der Waals surface area contributed by atoms with Crippen molar-refractivity contribution >= 4 is 38.3 Å². The molecule has 4 rings (SSSR count). The second kappa shape index (κ2) is 9.43. The lowest BCUT2D eigenvalue weighted by Crippen LogP contribution is -2.38. The van der Waals surface area contributed by atoms with Crippen LogP contribution in [0.3, 0.4) is 0 Å². The lowest BCUT2D eigenvalue weighted by Gasteiger charge is -2.31. The van der Waals surface area contributed by atoms with Crippen LogP contribution in [0.2, 0.25) is 0 Å². The van der Waals surface area contributed by atoms with Crippen LogP contribution >= 0.6 is 11.3 Å². The van der Waals surface area contributed by atoms with Gasteiger partial charge in [-0.1, -0.05) is 11.3 Å². The molecule has 0 spiro atoms. The molecule has 1 N–H and O–H groups in total. The van der Waals surface area contributed by atoms with Crippen molar-refractivity contribution in [3.8, 4) is 17.2 Å². The molecular weight excluding hydrogens is 414 g/mol. The van der Waals surface area contributed by atoms with Gasteiger partial charge in [-0.25, -0.2) is 4.98 Å². The highest BCUT2D eigenvalue weighted by Gasteiger charge is 2.26. The molecule has 1 aliphatic rings. The summed E-state index contributed by atoms with van der Waals surface area (Å²) in [5.74, 6) is 2.12. The fraction of sp³-hybridized carbons (Fsp3) is 0.391. The van der Waals surface area contributed by atoms with E-state index < -0.39 is 0 Å². The summed E-state index contributed by atoms with van der Waals surface area (Å²) in [7, 11) is 3.17. The highest BCUT2D eigenvalue weighted by Crippen LogP contribution is 2.34. The molecule has 1 fully saturated rings. The van der Waals surface area contributed by atoms with E-state index >= 15 is 0 Å². The van der Waals surface area contributed by atoms with E-state index in [1.54, 1.807) is 37.7 Å². The molecule has 2 aromatic carbocycles. The number of aromatic nitrogens is 1. The van der Waals surface area contributed by atoms with Gasteiger partial charge in [0.25, 0.3) is 0 Å². The summed E-state index contributed by atoms with van der Waals surface area (Å²) in [6.45, 7) is 4.24. The molecule has 0 bridgehead atoms. The summed E-state index contributed by atoms with van der Waals surface area (Å²) in [4.78, 5) is 19.8. The van der Waals surface area contributed by atoms with Crippen molar-refractivity contribution in [1.82, 2.24) is 4.98 Å². The molecule has 3 aromatic rings. The molecule has 8 heteroatoms. The molecule has 0 unspecified atom stereocenters. The van der Waals surface area contributed by atoms with E-state index in [-0.39, 0.29) is 11.8 Å². The molecule has 1 aromatic heterocycles. The molecule has 0 atom stereocenters. The Balaban J connectivity index is 1.37. The number of ether oxygens (including phenoxy) is 3. The van der Waals surface area contributed by atoms with Gasteiger partial charge in [0.1, 0.15) is 5.75 Å². The third kappa shape index (κ3) is 4.69. The Morgan fingerprint density at radius 2 is 1.90 bits per heavy atom. The average Bonchev–Trinajstić information content (AvgIpc) is 3.22. The largest absolute Gasteiger partial charge is 0.494 e. The number of nitrogens with zero attached hydrogens (tertiary/aromatic N) is 2. The van der Waals surface area contributed by atoms with E-state index in [0.717, 1.165) is 47.0 Å². The van der Waals surface area contributed by atoms with Crippen molar-refractivity contribution in [2.75, 3.05) is 44.1 Å². The van der Waals surface area contributed by atoms with E-state index in [1.807, 2.05) is 31.2 Å². The number of hydrogen-bond acceptors (Lipinski definition) is 7. The molecule has 31 heavy (non-hydrogen) atoms. The highest BCUT2D eigenvalue weighted by atomic mass is 32.1. The lowest BCUT2D eigenvalue weighted by atomic mass is 9.96. The summed E-state index contributed by atoms with van der Waals surface area (Å²) in [5.41, 5.74) is 1.69. The summed E-state index contributed by atoms with van der Waals surface area (Å²) in [5, 5.41) is 4.01. The number of carbonyl (C=O) groups is 1. The van der Waals surface area contributed by atoms with E-state index in [1.165, 1.54) is 0 Å². The molecule has 0 aliphatic carbocycles. The molecule has 0 saturated carbocycles. The van der Waals surface area contributed by atoms with Crippen LogP contribution in [0.1, 0.15) is 19.8 Å². The summed E-state index contributed by atoms with van der Waals surface area (Å²) >= 11 is 1.67. The van der Waals surface area contributed by atoms with Gasteiger partial charge in [-0.3, -0.25) is 4.79 Å². The second-order valence-corrected chi connectivity index (χ2v) is 8.39. The Hall–Kier alpha value is -3.00. The van der Waals surface area contributed by atoms with Crippen molar-refractivity contribution in [1.29, 1.82) is 0 Å². The fourth-order valence-corrected chi connectivity index (χ4v) is 4.82. The minimum atomic E-state index is -0.0247. The smallest absolute Gasteiger partial charge is 0.227 e. The number of fused-ring (bicyclic) bond motifs is 1. The van der Waals surface area contributed by atoms with Gasteiger partial charge in [-0.2, -0.15) is 0 Å². The average molecular weight is 442 g/mol. The van der Waals surface area contributed by atoms with Gasteiger partial charge in [0.2, 0.25) is 5.91 Å². The van der Waals surface area contributed by atoms with E-state index in [9.17, 15) is 4.79 Å². The Morgan fingerprint density at radius 1 is 1.13 bits per heavy atom. The molecule has 164 valence electrons. The summed E-state index contributed by atoms with van der Waals surface area (Å²) in [6.07, 6.45) is 1.58. The number of nitrogens with one attached hydrogen (secondary N) is 1. The van der Waals surface area contributed by atoms with Crippen LogP contribution in [0.15, 0.2) is 36.4 Å². The molecule has 1 saturated heterocycles. The molecule has 0 radical (unpaired) electrons. The number of hydrogen-bond donors (Lipinski definition) is 1. The topological polar surface area (TPSA) is 72.9 Å². The molecule has 2 heterocycles. The summed E-state index contributed by atoms with van der Waals surface area (Å²) in [6, 6.07) is 11.4. The van der Waals surface area contributed by atoms with Crippen LogP contribution in [-0.4, -0.2) is 44.8 Å². The van der Waals surface area contributed by atoms with Crippen molar-refractivity contribution in [2.45, 2.75) is 19.8 Å². The second-order valence-electron chi connectivity index (χ2n) is 7.38. The Kier molecular flexibility index (Phi) is 6.46. The maximum Gasteiger partial charge on any atom is 0.227 e. The van der Waals surface area contributed by atoms with Crippen LogP contribution in [0.25, 0.3) is 10.2 Å². The predicted molar refractivity (Wildman–Crippen MR) is 124 cm³/mol. The normalized spacial score (nSPS) is 14.5. The van der Waals surface area contributed by atoms with Crippen LogP contribution < -0.4 is 24.4 Å². The van der Waals surface area contributed by atoms with Crippen LogP contribution in [-0.2, 0) is 4.79 Å².